The van der Waals surface area contributed by atoms with Crippen molar-refractivity contribution in [3.63, 3.8) is 0 Å². The van der Waals surface area contributed by atoms with Gasteiger partial charge in [0, 0.05) is 18.8 Å². The Morgan fingerprint density at radius 1 is 1.15 bits per heavy atom. The maximum absolute atomic E-state index is 11.6. The highest BCUT2D eigenvalue weighted by molar-refractivity contribution is 8.26. The molecule has 0 bridgehead atoms. The quantitative estimate of drug-likeness (QED) is 0.672. The van der Waals surface area contributed by atoms with Crippen LogP contribution in [0.2, 0.25) is 0 Å². The highest BCUT2D eigenvalue weighted by Crippen LogP contribution is 2.27. The molecule has 5 heteroatoms. The van der Waals surface area contributed by atoms with Gasteiger partial charge >= 0.3 is 0 Å². The van der Waals surface area contributed by atoms with Crippen LogP contribution in [0.15, 0.2) is 29.2 Å². The Morgan fingerprint density at radius 3 is 2.45 bits per heavy atom. The number of carbonyl (C=O) groups excluding carboxylic acids is 1. The van der Waals surface area contributed by atoms with Crippen LogP contribution >= 0.6 is 24.0 Å². The van der Waals surface area contributed by atoms with Crippen LogP contribution < -0.4 is 10.2 Å². The van der Waals surface area contributed by atoms with Gasteiger partial charge in [0.2, 0.25) is 0 Å². The van der Waals surface area contributed by atoms with Crippen LogP contribution in [0.4, 0.5) is 5.69 Å². The van der Waals surface area contributed by atoms with Gasteiger partial charge in [0.1, 0.15) is 4.32 Å². The van der Waals surface area contributed by atoms with Crippen molar-refractivity contribution in [1.29, 1.82) is 0 Å². The van der Waals surface area contributed by atoms with Gasteiger partial charge in [-0.25, -0.2) is 0 Å². The van der Waals surface area contributed by atoms with Gasteiger partial charge in [-0.15, -0.1) is 0 Å². The number of piperidine rings is 1. The molecule has 104 valence electrons. The number of carbonyl (C=O) groups is 1. The third-order valence-corrected chi connectivity index (χ3v) is 4.72. The predicted molar refractivity (Wildman–Crippen MR) is 88.8 cm³/mol. The Bertz CT molecular complexity index is 560. The minimum atomic E-state index is -0.0971. The number of thioether (sulfide) groups is 1. The lowest BCUT2D eigenvalue weighted by Crippen LogP contribution is -2.29. The Kier molecular flexibility index (Phi) is 4.08. The van der Waals surface area contributed by atoms with Gasteiger partial charge in [0.15, 0.2) is 0 Å². The molecule has 0 atom stereocenters. The number of nitrogens with zero attached hydrogens (tertiary/aromatic N) is 1. The molecule has 2 saturated heterocycles. The average molecular weight is 304 g/mol. The summed E-state index contributed by atoms with van der Waals surface area (Å²) < 4.78 is 0.534. The molecule has 1 aromatic rings. The molecule has 2 heterocycles. The Labute approximate surface area is 128 Å². The second kappa shape index (κ2) is 5.97. The molecule has 1 amide bonds. The molecule has 3 nitrogen and oxygen atoms in total. The molecule has 20 heavy (non-hydrogen) atoms. The first-order valence-corrected chi connectivity index (χ1v) is 8.05. The molecule has 0 aliphatic carbocycles. The van der Waals surface area contributed by atoms with Gasteiger partial charge < -0.3 is 10.2 Å². The number of nitrogens with one attached hydrogen (secondary N) is 1. The van der Waals surface area contributed by atoms with E-state index in [-0.39, 0.29) is 5.91 Å². The van der Waals surface area contributed by atoms with Crippen molar-refractivity contribution >= 4 is 46.0 Å². The molecule has 2 fully saturated rings. The van der Waals surface area contributed by atoms with Crippen molar-refractivity contribution in [2.45, 2.75) is 19.3 Å². The summed E-state index contributed by atoms with van der Waals surface area (Å²) in [5.74, 6) is -0.0971. The number of hydrogen-bond acceptors (Lipinski definition) is 4. The summed E-state index contributed by atoms with van der Waals surface area (Å²) >= 11 is 6.30. The first kappa shape index (κ1) is 13.6. The molecule has 0 radical (unpaired) electrons. The van der Waals surface area contributed by atoms with Crippen LogP contribution in [0.1, 0.15) is 24.8 Å². The molecule has 1 aromatic carbocycles. The van der Waals surface area contributed by atoms with E-state index in [4.69, 9.17) is 12.2 Å². The van der Waals surface area contributed by atoms with Crippen LogP contribution in [0.5, 0.6) is 0 Å². The van der Waals surface area contributed by atoms with Crippen LogP contribution in [-0.2, 0) is 4.79 Å². The topological polar surface area (TPSA) is 32.3 Å². The van der Waals surface area contributed by atoms with Crippen molar-refractivity contribution in [2.24, 2.45) is 0 Å². The molecule has 0 aromatic heterocycles. The zero-order valence-corrected chi connectivity index (χ0v) is 12.7. The summed E-state index contributed by atoms with van der Waals surface area (Å²) in [6.07, 6.45) is 5.78. The zero-order valence-electron chi connectivity index (χ0n) is 11.1. The summed E-state index contributed by atoms with van der Waals surface area (Å²) in [6, 6.07) is 8.39. The van der Waals surface area contributed by atoms with E-state index in [0.717, 1.165) is 18.7 Å². The second-order valence-corrected chi connectivity index (χ2v) is 6.71. The number of rotatable bonds is 2. The molecular weight excluding hydrogens is 288 g/mol. The van der Waals surface area contributed by atoms with Gasteiger partial charge in [-0.1, -0.05) is 36.1 Å². The van der Waals surface area contributed by atoms with Crippen molar-refractivity contribution in [2.75, 3.05) is 18.0 Å². The first-order chi connectivity index (χ1) is 9.72. The highest BCUT2D eigenvalue weighted by atomic mass is 32.2. The van der Waals surface area contributed by atoms with E-state index in [1.807, 2.05) is 6.08 Å². The van der Waals surface area contributed by atoms with Gasteiger partial charge in [0.25, 0.3) is 5.91 Å². The number of hydrogen-bond donors (Lipinski definition) is 1. The van der Waals surface area contributed by atoms with E-state index < -0.39 is 0 Å². The molecule has 2 aliphatic heterocycles. The normalized spacial score (nSPS) is 21.4. The fourth-order valence-corrected chi connectivity index (χ4v) is 3.55. The number of thiocarbonyl (C=S) groups is 1. The lowest BCUT2D eigenvalue weighted by Gasteiger charge is -2.28. The summed E-state index contributed by atoms with van der Waals surface area (Å²) in [5.41, 5.74) is 2.30. The van der Waals surface area contributed by atoms with Crippen molar-refractivity contribution in [3.05, 3.63) is 34.7 Å². The Hall–Kier alpha value is -1.33. The van der Waals surface area contributed by atoms with Gasteiger partial charge in [-0.2, -0.15) is 0 Å². The first-order valence-electron chi connectivity index (χ1n) is 6.82. The van der Waals surface area contributed by atoms with Crippen molar-refractivity contribution < 1.29 is 4.79 Å². The molecule has 0 unspecified atom stereocenters. The maximum Gasteiger partial charge on any atom is 0.263 e. The molecule has 3 rings (SSSR count). The lowest BCUT2D eigenvalue weighted by molar-refractivity contribution is -0.115. The predicted octanol–water partition coefficient (Wildman–Crippen LogP) is 3.17. The van der Waals surface area contributed by atoms with Gasteiger partial charge in [0.05, 0.1) is 4.91 Å². The summed E-state index contributed by atoms with van der Waals surface area (Å²) in [4.78, 5) is 14.7. The van der Waals surface area contributed by atoms with E-state index in [2.05, 4.69) is 34.5 Å². The van der Waals surface area contributed by atoms with E-state index >= 15 is 0 Å². The lowest BCUT2D eigenvalue weighted by atomic mass is 10.1. The molecule has 0 spiro atoms. The van der Waals surface area contributed by atoms with Crippen molar-refractivity contribution in [3.8, 4) is 0 Å². The number of benzene rings is 1. The van der Waals surface area contributed by atoms with Crippen LogP contribution in [0.25, 0.3) is 6.08 Å². The minimum absolute atomic E-state index is 0.0971. The Morgan fingerprint density at radius 2 is 1.85 bits per heavy atom. The average Bonchev–Trinajstić information content (AvgIpc) is 2.79. The highest BCUT2D eigenvalue weighted by Gasteiger charge is 2.21. The van der Waals surface area contributed by atoms with Crippen LogP contribution in [0.3, 0.4) is 0 Å². The van der Waals surface area contributed by atoms with E-state index in [1.54, 1.807) is 0 Å². The fraction of sp³-hybridized carbons (Fsp3) is 0.333. The Balaban J connectivity index is 1.74. The van der Waals surface area contributed by atoms with Gasteiger partial charge in [-0.05, 0) is 43.0 Å². The zero-order chi connectivity index (χ0) is 13.9. The third-order valence-electron chi connectivity index (χ3n) is 3.55. The number of amides is 1. The third kappa shape index (κ3) is 3.04. The minimum Gasteiger partial charge on any atom is -0.372 e. The SMILES string of the molecule is O=C1NC(=S)S/C1=C\c1ccc(N2CCCCC2)cc1. The molecule has 2 aliphatic rings. The maximum atomic E-state index is 11.6. The summed E-state index contributed by atoms with van der Waals surface area (Å²) in [5, 5.41) is 2.63. The smallest absolute Gasteiger partial charge is 0.263 e. The summed E-state index contributed by atoms with van der Waals surface area (Å²) in [7, 11) is 0. The molecule has 0 saturated carbocycles. The van der Waals surface area contributed by atoms with E-state index in [0.29, 0.717) is 9.23 Å². The van der Waals surface area contributed by atoms with E-state index in [9.17, 15) is 4.79 Å². The standard InChI is InChI=1S/C15H16N2OS2/c18-14-13(20-15(19)16-14)10-11-4-6-12(7-5-11)17-8-2-1-3-9-17/h4-7,10H,1-3,8-9H2,(H,16,18,19)/b13-10-. The van der Waals surface area contributed by atoms with Gasteiger partial charge in [-0.3, -0.25) is 4.79 Å². The monoisotopic (exact) mass is 304 g/mol. The van der Waals surface area contributed by atoms with Crippen molar-refractivity contribution in [1.82, 2.24) is 5.32 Å². The number of anilines is 1. The molecular formula is C15H16N2OS2. The van der Waals surface area contributed by atoms with E-state index in [1.165, 1.54) is 36.7 Å². The van der Waals surface area contributed by atoms with Crippen LogP contribution in [-0.4, -0.2) is 23.3 Å². The second-order valence-electron chi connectivity index (χ2n) is 4.99. The van der Waals surface area contributed by atoms with Crippen LogP contribution in [0, 0.1) is 0 Å². The fourth-order valence-electron chi connectivity index (χ4n) is 2.51. The summed E-state index contributed by atoms with van der Waals surface area (Å²) in [6.45, 7) is 2.29. The molecule has 1 N–H and O–H groups in total. The largest absolute Gasteiger partial charge is 0.372 e.